The quantitative estimate of drug-likeness (QED) is 0.832. The SMILES string of the molecule is CC(O)(C(=O)N1CCC(c2ccnn2C2CCC(O)CC2)CC1)C(F)(F)F. The van der Waals surface area contributed by atoms with E-state index in [1.165, 1.54) is 0 Å². The number of aliphatic hydroxyl groups is 2. The van der Waals surface area contributed by atoms with Gasteiger partial charge in [-0.15, -0.1) is 0 Å². The molecule has 1 saturated carbocycles. The minimum Gasteiger partial charge on any atom is -0.393 e. The summed E-state index contributed by atoms with van der Waals surface area (Å²) < 4.78 is 40.7. The van der Waals surface area contributed by atoms with E-state index >= 15 is 0 Å². The van der Waals surface area contributed by atoms with Gasteiger partial charge in [0.25, 0.3) is 5.91 Å². The molecule has 1 unspecified atom stereocenters. The average Bonchev–Trinajstić information content (AvgIpc) is 3.10. The highest BCUT2D eigenvalue weighted by Crippen LogP contribution is 2.36. The molecule has 152 valence electrons. The van der Waals surface area contributed by atoms with Crippen LogP contribution in [-0.2, 0) is 4.79 Å². The van der Waals surface area contributed by atoms with Gasteiger partial charge in [0.1, 0.15) is 0 Å². The Hall–Kier alpha value is -1.61. The first-order valence-corrected chi connectivity index (χ1v) is 9.41. The van der Waals surface area contributed by atoms with Crippen LogP contribution in [0.1, 0.15) is 63.1 Å². The van der Waals surface area contributed by atoms with Crippen molar-refractivity contribution in [2.75, 3.05) is 13.1 Å². The number of piperidine rings is 1. The molecule has 1 amide bonds. The summed E-state index contributed by atoms with van der Waals surface area (Å²) in [6, 6.07) is 2.16. The van der Waals surface area contributed by atoms with E-state index in [1.54, 1.807) is 6.20 Å². The molecule has 3 rings (SSSR count). The second kappa shape index (κ2) is 7.43. The Labute approximate surface area is 156 Å². The lowest BCUT2D eigenvalue weighted by Gasteiger charge is -2.37. The maximum absolute atomic E-state index is 12.9. The molecule has 2 heterocycles. The van der Waals surface area contributed by atoms with E-state index in [-0.39, 0.29) is 31.2 Å². The number of amides is 1. The molecule has 1 atom stereocenters. The number of rotatable bonds is 3. The second-order valence-corrected chi connectivity index (χ2v) is 7.80. The summed E-state index contributed by atoms with van der Waals surface area (Å²) in [6.07, 6.45) is 0.713. The summed E-state index contributed by atoms with van der Waals surface area (Å²) >= 11 is 0. The second-order valence-electron chi connectivity index (χ2n) is 7.80. The summed E-state index contributed by atoms with van der Waals surface area (Å²) in [7, 11) is 0. The number of aromatic nitrogens is 2. The molecule has 2 N–H and O–H groups in total. The van der Waals surface area contributed by atoms with Crippen LogP contribution in [0, 0.1) is 0 Å². The Balaban J connectivity index is 1.64. The van der Waals surface area contributed by atoms with Crippen molar-refractivity contribution < 1.29 is 28.2 Å². The molecule has 0 bridgehead atoms. The topological polar surface area (TPSA) is 78.6 Å². The normalized spacial score (nSPS) is 27.4. The van der Waals surface area contributed by atoms with Crippen molar-refractivity contribution in [1.29, 1.82) is 0 Å². The minimum atomic E-state index is -4.99. The maximum Gasteiger partial charge on any atom is 0.426 e. The van der Waals surface area contributed by atoms with Gasteiger partial charge in [0.2, 0.25) is 5.60 Å². The molecule has 1 aromatic rings. The van der Waals surface area contributed by atoms with Crippen LogP contribution < -0.4 is 0 Å². The number of likely N-dealkylation sites (tertiary alicyclic amines) is 1. The molecule has 1 aliphatic heterocycles. The lowest BCUT2D eigenvalue weighted by atomic mass is 9.90. The zero-order valence-corrected chi connectivity index (χ0v) is 15.3. The highest BCUT2D eigenvalue weighted by molar-refractivity contribution is 5.85. The number of hydrogen-bond donors (Lipinski definition) is 2. The zero-order chi connectivity index (χ0) is 19.8. The van der Waals surface area contributed by atoms with E-state index in [0.717, 1.165) is 36.3 Å². The molecule has 1 aromatic heterocycles. The first-order chi connectivity index (χ1) is 12.6. The van der Waals surface area contributed by atoms with E-state index in [1.807, 2.05) is 10.7 Å². The summed E-state index contributed by atoms with van der Waals surface area (Å²) in [5.41, 5.74) is -2.32. The first-order valence-electron chi connectivity index (χ1n) is 9.41. The van der Waals surface area contributed by atoms with Gasteiger partial charge in [0.05, 0.1) is 12.1 Å². The Bertz CT molecular complexity index is 658. The van der Waals surface area contributed by atoms with Crippen LogP contribution in [0.5, 0.6) is 0 Å². The summed E-state index contributed by atoms with van der Waals surface area (Å²) in [6.45, 7) is 0.850. The number of carbonyl (C=O) groups excluding carboxylic acids is 1. The van der Waals surface area contributed by atoms with Gasteiger partial charge in [-0.25, -0.2) is 0 Å². The molecule has 6 nitrogen and oxygen atoms in total. The van der Waals surface area contributed by atoms with Gasteiger partial charge in [0.15, 0.2) is 0 Å². The van der Waals surface area contributed by atoms with Crippen molar-refractivity contribution in [2.24, 2.45) is 0 Å². The lowest BCUT2D eigenvalue weighted by Crippen LogP contribution is -2.57. The van der Waals surface area contributed by atoms with E-state index in [4.69, 9.17) is 0 Å². The van der Waals surface area contributed by atoms with Gasteiger partial charge in [0, 0.05) is 30.9 Å². The Morgan fingerprint density at radius 1 is 1.15 bits per heavy atom. The molecule has 2 aliphatic rings. The highest BCUT2D eigenvalue weighted by Gasteiger charge is 2.57. The van der Waals surface area contributed by atoms with Crippen molar-refractivity contribution in [3.8, 4) is 0 Å². The molecule has 2 fully saturated rings. The summed E-state index contributed by atoms with van der Waals surface area (Å²) in [4.78, 5) is 13.2. The maximum atomic E-state index is 12.9. The Morgan fingerprint density at radius 3 is 2.30 bits per heavy atom. The molecule has 1 saturated heterocycles. The van der Waals surface area contributed by atoms with Crippen LogP contribution in [0.25, 0.3) is 0 Å². The monoisotopic (exact) mass is 389 g/mol. The van der Waals surface area contributed by atoms with Gasteiger partial charge < -0.3 is 15.1 Å². The minimum absolute atomic E-state index is 0.110. The van der Waals surface area contributed by atoms with Gasteiger partial charge >= 0.3 is 6.18 Å². The molecule has 0 aromatic carbocycles. The highest BCUT2D eigenvalue weighted by atomic mass is 19.4. The third kappa shape index (κ3) is 3.99. The number of hydrogen-bond acceptors (Lipinski definition) is 4. The van der Waals surface area contributed by atoms with Gasteiger partial charge in [-0.1, -0.05) is 0 Å². The van der Waals surface area contributed by atoms with Gasteiger partial charge in [-0.05, 0) is 51.5 Å². The number of halogens is 3. The summed E-state index contributed by atoms with van der Waals surface area (Å²) in [5.74, 6) is -1.18. The van der Waals surface area contributed by atoms with E-state index in [2.05, 4.69) is 5.10 Å². The lowest BCUT2D eigenvalue weighted by molar-refractivity contribution is -0.250. The van der Waals surface area contributed by atoms with Crippen LogP contribution in [0.15, 0.2) is 12.3 Å². The number of nitrogens with zero attached hydrogens (tertiary/aromatic N) is 3. The fraction of sp³-hybridized carbons (Fsp3) is 0.778. The van der Waals surface area contributed by atoms with Crippen molar-refractivity contribution in [1.82, 2.24) is 14.7 Å². The fourth-order valence-electron chi connectivity index (χ4n) is 4.06. The van der Waals surface area contributed by atoms with Crippen LogP contribution >= 0.6 is 0 Å². The van der Waals surface area contributed by atoms with Crippen molar-refractivity contribution in [3.63, 3.8) is 0 Å². The molecule has 0 spiro atoms. The first kappa shape index (κ1) is 20.1. The predicted molar refractivity (Wildman–Crippen MR) is 91.0 cm³/mol. The third-order valence-corrected chi connectivity index (χ3v) is 5.88. The average molecular weight is 389 g/mol. The standard InChI is InChI=1S/C18H26F3N3O3/c1-17(27,18(19,20)21)16(26)23-10-7-12(8-11-23)15-6-9-22-24(15)13-2-4-14(25)5-3-13/h6,9,12-14,25,27H,2-5,7-8,10-11H2,1H3. The Kier molecular flexibility index (Phi) is 5.54. The molecule has 0 radical (unpaired) electrons. The predicted octanol–water partition coefficient (Wildman–Crippen LogP) is 2.38. The van der Waals surface area contributed by atoms with Gasteiger partial charge in [-0.3, -0.25) is 9.48 Å². The van der Waals surface area contributed by atoms with E-state index in [0.29, 0.717) is 19.8 Å². The zero-order valence-electron chi connectivity index (χ0n) is 15.3. The molecular formula is C18H26F3N3O3. The van der Waals surface area contributed by atoms with Gasteiger partial charge in [-0.2, -0.15) is 18.3 Å². The number of aliphatic hydroxyl groups excluding tert-OH is 1. The summed E-state index contributed by atoms with van der Waals surface area (Å²) in [5, 5.41) is 23.7. The molecule has 1 aliphatic carbocycles. The molecule has 9 heteroatoms. The van der Waals surface area contributed by atoms with Crippen molar-refractivity contribution >= 4 is 5.91 Å². The van der Waals surface area contributed by atoms with Crippen LogP contribution in [0.3, 0.4) is 0 Å². The Morgan fingerprint density at radius 2 is 1.74 bits per heavy atom. The van der Waals surface area contributed by atoms with Crippen molar-refractivity contribution in [3.05, 3.63) is 18.0 Å². The largest absolute Gasteiger partial charge is 0.426 e. The van der Waals surface area contributed by atoms with E-state index in [9.17, 15) is 28.2 Å². The van der Waals surface area contributed by atoms with E-state index < -0.39 is 17.7 Å². The van der Waals surface area contributed by atoms with Crippen LogP contribution in [-0.4, -0.2) is 61.8 Å². The number of alkyl halides is 3. The third-order valence-electron chi connectivity index (χ3n) is 5.88. The van der Waals surface area contributed by atoms with Crippen LogP contribution in [0.2, 0.25) is 0 Å². The number of carbonyl (C=O) groups is 1. The fourth-order valence-corrected chi connectivity index (χ4v) is 4.06. The molecular weight excluding hydrogens is 363 g/mol. The molecule has 27 heavy (non-hydrogen) atoms. The smallest absolute Gasteiger partial charge is 0.393 e. The van der Waals surface area contributed by atoms with Crippen molar-refractivity contribution in [2.45, 2.75) is 75.3 Å². The van der Waals surface area contributed by atoms with Crippen LogP contribution in [0.4, 0.5) is 13.2 Å².